The number of rotatable bonds is 4. The molecule has 224 valence electrons. The maximum atomic E-state index is 13.4. The molecule has 3 N–H and O–H groups in total. The third-order valence-corrected chi connectivity index (χ3v) is 8.05. The molecule has 1 unspecified atom stereocenters. The number of ether oxygens (including phenoxy) is 3. The van der Waals surface area contributed by atoms with Crippen LogP contribution < -0.4 is 0 Å². The van der Waals surface area contributed by atoms with Gasteiger partial charge in [-0.3, -0.25) is 14.4 Å². The summed E-state index contributed by atoms with van der Waals surface area (Å²) in [6.07, 6.45) is -4.73. The van der Waals surface area contributed by atoms with E-state index in [1.165, 1.54) is 6.08 Å². The number of aliphatic hydroxyl groups excluding tert-OH is 2. The number of hydrogen-bond donors (Lipinski definition) is 3. The van der Waals surface area contributed by atoms with Gasteiger partial charge in [-0.25, -0.2) is 4.79 Å². The van der Waals surface area contributed by atoms with Gasteiger partial charge in [-0.05, 0) is 38.3 Å². The Morgan fingerprint density at radius 1 is 0.951 bits per heavy atom. The van der Waals surface area contributed by atoms with E-state index < -0.39 is 83.0 Å². The summed E-state index contributed by atoms with van der Waals surface area (Å²) < 4.78 is 16.9. The van der Waals surface area contributed by atoms with Crippen LogP contribution in [0.25, 0.3) is 0 Å². The Morgan fingerprint density at radius 2 is 1.51 bits per heavy atom. The van der Waals surface area contributed by atoms with Crippen molar-refractivity contribution in [1.82, 2.24) is 0 Å². The summed E-state index contributed by atoms with van der Waals surface area (Å²) >= 11 is 0. The predicted octanol–water partition coefficient (Wildman–Crippen LogP) is 2.54. The van der Waals surface area contributed by atoms with Crippen molar-refractivity contribution in [3.63, 3.8) is 0 Å². The van der Waals surface area contributed by atoms with Crippen LogP contribution in [0.3, 0.4) is 0 Å². The molecule has 41 heavy (non-hydrogen) atoms. The van der Waals surface area contributed by atoms with E-state index in [-0.39, 0.29) is 17.6 Å². The molecular formula is C31H40O10. The topological polar surface area (TPSA) is 157 Å². The molecular weight excluding hydrogens is 532 g/mol. The molecule has 0 amide bonds. The molecule has 0 heterocycles. The van der Waals surface area contributed by atoms with Gasteiger partial charge in [-0.1, -0.05) is 50.8 Å². The average Bonchev–Trinajstić information content (AvgIpc) is 3.16. The van der Waals surface area contributed by atoms with Gasteiger partial charge in [0.25, 0.3) is 0 Å². The molecule has 9 atom stereocenters. The predicted molar refractivity (Wildman–Crippen MR) is 147 cm³/mol. The van der Waals surface area contributed by atoms with Crippen molar-refractivity contribution in [3.8, 4) is 0 Å². The molecule has 0 bridgehead atoms. The number of Topliss-reactive ketones (excluding diaryl/α,β-unsaturated/α-hetero) is 1. The summed E-state index contributed by atoms with van der Waals surface area (Å²) in [4.78, 5) is 51.1. The molecule has 1 aromatic rings. The monoisotopic (exact) mass is 572 g/mol. The van der Waals surface area contributed by atoms with Crippen LogP contribution in [0.1, 0.15) is 58.3 Å². The summed E-state index contributed by atoms with van der Waals surface area (Å²) in [5, 5.41) is 35.0. The summed E-state index contributed by atoms with van der Waals surface area (Å²) in [5.74, 6) is -5.68. The quantitative estimate of drug-likeness (QED) is 0.278. The fourth-order valence-corrected chi connectivity index (χ4v) is 5.91. The highest BCUT2D eigenvalue weighted by Crippen LogP contribution is 2.50. The Hall–Kier alpha value is -3.34. The zero-order valence-electron chi connectivity index (χ0n) is 24.3. The number of allylic oxidation sites excluding steroid dienone is 1. The normalized spacial score (nSPS) is 35.4. The van der Waals surface area contributed by atoms with E-state index in [9.17, 15) is 34.5 Å². The molecule has 1 saturated carbocycles. The lowest BCUT2D eigenvalue weighted by atomic mass is 9.72. The number of carbonyl (C=O) groups excluding carboxylic acids is 4. The molecule has 2 aliphatic carbocycles. The molecule has 10 nitrogen and oxygen atoms in total. The SMILES string of the molecule is C=C1C(OC(C)=O)[C@@H]2[C@H](OC(=O)c3ccccc3)[C@H](C)C[C@@]2(O)[C@@H](O)[C@@H](C)C=CC(C)(C)C(=O)[C@@H](O)[C@@H]1OC(C)=O. The van der Waals surface area contributed by atoms with Crippen molar-refractivity contribution in [1.29, 1.82) is 0 Å². The largest absolute Gasteiger partial charge is 0.458 e. The first-order chi connectivity index (χ1) is 19.0. The zero-order valence-corrected chi connectivity index (χ0v) is 24.3. The molecule has 1 aromatic carbocycles. The van der Waals surface area contributed by atoms with Gasteiger partial charge < -0.3 is 29.5 Å². The van der Waals surface area contributed by atoms with Crippen LogP contribution in [0.4, 0.5) is 0 Å². The van der Waals surface area contributed by atoms with E-state index in [1.54, 1.807) is 64.1 Å². The van der Waals surface area contributed by atoms with Crippen molar-refractivity contribution in [3.05, 3.63) is 60.2 Å². The summed E-state index contributed by atoms with van der Waals surface area (Å²) in [6.45, 7) is 12.6. The first-order valence-electron chi connectivity index (χ1n) is 13.6. The molecule has 10 heteroatoms. The lowest BCUT2D eigenvalue weighted by Gasteiger charge is -2.43. The van der Waals surface area contributed by atoms with Crippen LogP contribution >= 0.6 is 0 Å². The van der Waals surface area contributed by atoms with Gasteiger partial charge in [0.15, 0.2) is 18.0 Å². The van der Waals surface area contributed by atoms with Crippen LogP contribution in [0.5, 0.6) is 0 Å². The fourth-order valence-electron chi connectivity index (χ4n) is 5.91. The zero-order chi connectivity index (χ0) is 30.9. The number of aliphatic hydroxyl groups is 3. The van der Waals surface area contributed by atoms with Crippen LogP contribution in [-0.4, -0.2) is 75.1 Å². The van der Waals surface area contributed by atoms with E-state index in [0.717, 1.165) is 13.8 Å². The minimum Gasteiger partial charge on any atom is -0.458 e. The Labute approximate surface area is 240 Å². The maximum Gasteiger partial charge on any atom is 0.338 e. The van der Waals surface area contributed by atoms with E-state index in [2.05, 4.69) is 6.58 Å². The number of fused-ring (bicyclic) bond motifs is 1. The molecule has 0 saturated heterocycles. The van der Waals surface area contributed by atoms with Crippen LogP contribution in [-0.2, 0) is 28.6 Å². The second-order valence-electron chi connectivity index (χ2n) is 11.8. The number of esters is 3. The highest BCUT2D eigenvalue weighted by molar-refractivity contribution is 5.91. The number of ketones is 1. The first kappa shape index (κ1) is 32.2. The van der Waals surface area contributed by atoms with E-state index in [4.69, 9.17) is 14.2 Å². The average molecular weight is 573 g/mol. The smallest absolute Gasteiger partial charge is 0.338 e. The van der Waals surface area contributed by atoms with E-state index in [0.29, 0.717) is 0 Å². The van der Waals surface area contributed by atoms with Crippen LogP contribution in [0.2, 0.25) is 0 Å². The molecule has 3 rings (SSSR count). The lowest BCUT2D eigenvalue weighted by Crippen LogP contribution is -2.58. The van der Waals surface area contributed by atoms with Gasteiger partial charge in [-0.2, -0.15) is 0 Å². The number of carbonyl (C=O) groups is 4. The molecule has 2 aliphatic rings. The van der Waals surface area contributed by atoms with Crippen molar-refractivity contribution in [2.45, 2.75) is 84.1 Å². The van der Waals surface area contributed by atoms with Crippen molar-refractivity contribution in [2.75, 3.05) is 0 Å². The van der Waals surface area contributed by atoms with Gasteiger partial charge in [0, 0.05) is 30.8 Å². The van der Waals surface area contributed by atoms with E-state index >= 15 is 0 Å². The van der Waals surface area contributed by atoms with Gasteiger partial charge in [0.1, 0.15) is 17.8 Å². The molecule has 0 aliphatic heterocycles. The highest BCUT2D eigenvalue weighted by atomic mass is 16.6. The number of hydrogen-bond acceptors (Lipinski definition) is 10. The lowest BCUT2D eigenvalue weighted by molar-refractivity contribution is -0.175. The molecule has 0 radical (unpaired) electrons. The Morgan fingerprint density at radius 3 is 2.07 bits per heavy atom. The van der Waals surface area contributed by atoms with Crippen LogP contribution in [0.15, 0.2) is 54.6 Å². The van der Waals surface area contributed by atoms with Crippen molar-refractivity contribution >= 4 is 23.7 Å². The summed E-state index contributed by atoms with van der Waals surface area (Å²) in [6, 6.07) is 8.16. The van der Waals surface area contributed by atoms with E-state index in [1.807, 2.05) is 0 Å². The molecule has 0 spiro atoms. The first-order valence-corrected chi connectivity index (χ1v) is 13.6. The van der Waals surface area contributed by atoms with Crippen LogP contribution in [0, 0.1) is 23.2 Å². The minimum absolute atomic E-state index is 0.0576. The molecule has 0 aromatic heterocycles. The second kappa shape index (κ2) is 12.3. The van der Waals surface area contributed by atoms with Gasteiger partial charge >= 0.3 is 17.9 Å². The summed E-state index contributed by atoms with van der Waals surface area (Å²) in [7, 11) is 0. The highest BCUT2D eigenvalue weighted by Gasteiger charge is 2.62. The Balaban J connectivity index is 2.25. The minimum atomic E-state index is -2.01. The second-order valence-corrected chi connectivity index (χ2v) is 11.8. The summed E-state index contributed by atoms with van der Waals surface area (Å²) in [5.41, 5.74) is -3.26. The fraction of sp³-hybridized carbons (Fsp3) is 0.548. The van der Waals surface area contributed by atoms with Gasteiger partial charge in [0.2, 0.25) is 0 Å². The molecule has 1 fully saturated rings. The maximum absolute atomic E-state index is 13.4. The third-order valence-electron chi connectivity index (χ3n) is 8.05. The van der Waals surface area contributed by atoms with Crippen molar-refractivity contribution in [2.24, 2.45) is 23.2 Å². The van der Waals surface area contributed by atoms with Crippen molar-refractivity contribution < 1.29 is 48.7 Å². The number of benzene rings is 1. The standard InChI is InChI=1S/C31H40O10/c1-16-13-14-30(6,7)28(36)23(34)26(40-20(5)33)18(3)25(39-19(4)32)22-24(17(2)15-31(22,38)27(16)35)41-29(37)21-11-9-8-10-12-21/h8-14,16-17,22-27,34-35,38H,3,15H2,1-2,4-7H3/t16-,17+,22-,23-,24+,25?,26+,27-,31-/m0/s1. The van der Waals surface area contributed by atoms with Gasteiger partial charge in [0.05, 0.1) is 17.6 Å². The third kappa shape index (κ3) is 6.60. The Kier molecular flexibility index (Phi) is 9.62. The Bertz CT molecular complexity index is 1200. The van der Waals surface area contributed by atoms with Gasteiger partial charge in [-0.15, -0.1) is 0 Å².